The molecule has 1 saturated heterocycles. The minimum atomic E-state index is -4.68. The zero-order valence-corrected chi connectivity index (χ0v) is 23.9. The van der Waals surface area contributed by atoms with E-state index in [9.17, 15) is 27.9 Å². The Morgan fingerprint density at radius 1 is 1.13 bits per heavy atom. The van der Waals surface area contributed by atoms with E-state index in [0.717, 1.165) is 4.90 Å². The van der Waals surface area contributed by atoms with Crippen molar-refractivity contribution in [3.63, 3.8) is 0 Å². The lowest BCUT2D eigenvalue weighted by atomic mass is 9.94. The van der Waals surface area contributed by atoms with E-state index in [1.807, 2.05) is 6.07 Å². The number of rotatable bonds is 7. The molecule has 1 fully saturated rings. The Bertz CT molecular complexity index is 1820. The molecule has 1 aromatic heterocycles. The van der Waals surface area contributed by atoms with Crippen molar-refractivity contribution in [3.8, 4) is 17.2 Å². The molecule has 45 heavy (non-hydrogen) atoms. The van der Waals surface area contributed by atoms with Gasteiger partial charge in [0.2, 0.25) is 0 Å². The number of carbonyl (C=O) groups is 2. The third kappa shape index (κ3) is 6.52. The highest BCUT2D eigenvalue weighted by Crippen LogP contribution is 2.35. The van der Waals surface area contributed by atoms with Gasteiger partial charge in [0.1, 0.15) is 29.3 Å². The van der Waals surface area contributed by atoms with Gasteiger partial charge >= 0.3 is 12.1 Å². The fourth-order valence-electron chi connectivity index (χ4n) is 5.33. The number of nitrogens with zero attached hydrogens (tertiary/aromatic N) is 3. The summed E-state index contributed by atoms with van der Waals surface area (Å²) in [6.45, 7) is -0.528. The standard InChI is InChI=1S/C31H23ClF5N5O3/c32-22-10-16(14-38)3-5-20(22)21-6-4-17(19-2-1-7-40-28(19)21)11-25(30(44)45)41-29(43)27-23(33)12-18(13-24(27)34)42-9-8-39-15-26(42)31(35,36)37/h1-7,10,12-13,25-26,39H,8-9,11,15H2,(H,41,43)(H,44,45)/t25-,26+/m0/s1. The van der Waals surface area contributed by atoms with Gasteiger partial charge in [-0.1, -0.05) is 35.9 Å². The lowest BCUT2D eigenvalue weighted by Crippen LogP contribution is -2.58. The summed E-state index contributed by atoms with van der Waals surface area (Å²) in [4.78, 5) is 30.4. The van der Waals surface area contributed by atoms with Gasteiger partial charge in [-0.3, -0.25) is 9.78 Å². The molecule has 4 aromatic rings. The van der Waals surface area contributed by atoms with Crippen LogP contribution in [0.25, 0.3) is 22.0 Å². The second kappa shape index (κ2) is 12.7. The Morgan fingerprint density at radius 2 is 1.84 bits per heavy atom. The van der Waals surface area contributed by atoms with Crippen LogP contribution in [0.1, 0.15) is 21.5 Å². The topological polar surface area (TPSA) is 118 Å². The van der Waals surface area contributed by atoms with Gasteiger partial charge in [-0.05, 0) is 35.9 Å². The van der Waals surface area contributed by atoms with Gasteiger partial charge in [0.15, 0.2) is 0 Å². The lowest BCUT2D eigenvalue weighted by Gasteiger charge is -2.38. The summed E-state index contributed by atoms with van der Waals surface area (Å²) >= 11 is 6.41. The average Bonchev–Trinajstić information content (AvgIpc) is 3.00. The van der Waals surface area contributed by atoms with E-state index in [4.69, 9.17) is 16.9 Å². The third-order valence-corrected chi connectivity index (χ3v) is 7.80. The van der Waals surface area contributed by atoms with Gasteiger partial charge in [0.05, 0.1) is 17.1 Å². The number of nitriles is 1. The van der Waals surface area contributed by atoms with Crippen LogP contribution in [0.2, 0.25) is 5.02 Å². The van der Waals surface area contributed by atoms with Crippen LogP contribution in [0.3, 0.4) is 0 Å². The molecular weight excluding hydrogens is 621 g/mol. The molecule has 232 valence electrons. The molecule has 0 unspecified atom stereocenters. The van der Waals surface area contributed by atoms with Crippen LogP contribution >= 0.6 is 11.6 Å². The molecule has 2 atom stereocenters. The zero-order valence-electron chi connectivity index (χ0n) is 23.1. The average molecular weight is 644 g/mol. The number of carboxylic acid groups (broad SMARTS) is 1. The van der Waals surface area contributed by atoms with Crippen molar-refractivity contribution in [1.29, 1.82) is 5.26 Å². The highest BCUT2D eigenvalue weighted by molar-refractivity contribution is 6.33. The molecule has 0 bridgehead atoms. The maximum absolute atomic E-state index is 15.1. The first-order valence-electron chi connectivity index (χ1n) is 13.5. The number of alkyl halides is 3. The third-order valence-electron chi connectivity index (χ3n) is 7.48. The molecule has 0 saturated carbocycles. The number of hydrogen-bond donors (Lipinski definition) is 3. The predicted molar refractivity (Wildman–Crippen MR) is 156 cm³/mol. The molecular formula is C31H23ClF5N5O3. The lowest BCUT2D eigenvalue weighted by molar-refractivity contribution is -0.149. The summed E-state index contributed by atoms with van der Waals surface area (Å²) in [5, 5.41) is 24.6. The van der Waals surface area contributed by atoms with Crippen molar-refractivity contribution in [2.45, 2.75) is 24.7 Å². The minimum Gasteiger partial charge on any atom is -0.480 e. The molecule has 5 rings (SSSR count). The highest BCUT2D eigenvalue weighted by atomic mass is 35.5. The molecule has 1 aliphatic heterocycles. The second-order valence-electron chi connectivity index (χ2n) is 10.3. The summed E-state index contributed by atoms with van der Waals surface area (Å²) in [5.74, 6) is -5.76. The van der Waals surface area contributed by atoms with Gasteiger partial charge in [-0.2, -0.15) is 18.4 Å². The monoisotopic (exact) mass is 643 g/mol. The number of aliphatic carboxylic acids is 1. The van der Waals surface area contributed by atoms with E-state index < -0.39 is 59.6 Å². The molecule has 1 aliphatic rings. The van der Waals surface area contributed by atoms with Crippen LogP contribution in [-0.4, -0.2) is 59.9 Å². The van der Waals surface area contributed by atoms with Crippen LogP contribution in [0.5, 0.6) is 0 Å². The molecule has 1 amide bonds. The highest BCUT2D eigenvalue weighted by Gasteiger charge is 2.45. The first kappa shape index (κ1) is 31.6. The molecule has 14 heteroatoms. The number of amides is 1. The Morgan fingerprint density at radius 3 is 2.49 bits per heavy atom. The van der Waals surface area contributed by atoms with Crippen molar-refractivity contribution in [1.82, 2.24) is 15.6 Å². The van der Waals surface area contributed by atoms with E-state index in [-0.39, 0.29) is 19.5 Å². The van der Waals surface area contributed by atoms with E-state index in [0.29, 0.717) is 50.3 Å². The summed E-state index contributed by atoms with van der Waals surface area (Å²) in [6, 6.07) is 10.9. The Balaban J connectivity index is 1.42. The fourth-order valence-corrected chi connectivity index (χ4v) is 5.61. The van der Waals surface area contributed by atoms with Gasteiger partial charge in [-0.25, -0.2) is 13.6 Å². The normalized spacial score (nSPS) is 15.8. The Kier molecular flexibility index (Phi) is 8.90. The molecule has 3 N–H and O–H groups in total. The van der Waals surface area contributed by atoms with E-state index in [1.165, 1.54) is 12.3 Å². The SMILES string of the molecule is N#Cc1ccc(-c2ccc(C[C@H](NC(=O)c3c(F)cc(N4CCNC[C@@H]4C(F)(F)F)cc3F)C(=O)O)c3cccnc23)c(Cl)c1. The summed E-state index contributed by atoms with van der Waals surface area (Å²) in [5.41, 5.74) is 0.895. The number of anilines is 1. The number of aromatic nitrogens is 1. The Labute approximate surface area is 258 Å². The van der Waals surface area contributed by atoms with Crippen LogP contribution in [-0.2, 0) is 11.2 Å². The van der Waals surface area contributed by atoms with E-state index in [1.54, 1.807) is 36.4 Å². The van der Waals surface area contributed by atoms with Crippen LogP contribution in [0.15, 0.2) is 60.8 Å². The van der Waals surface area contributed by atoms with Crippen LogP contribution in [0, 0.1) is 23.0 Å². The van der Waals surface area contributed by atoms with Gasteiger partial charge in [0.25, 0.3) is 5.91 Å². The maximum Gasteiger partial charge on any atom is 0.409 e. The molecule has 0 radical (unpaired) electrons. The van der Waals surface area contributed by atoms with Crippen molar-refractivity contribution in [2.75, 3.05) is 24.5 Å². The molecule has 0 spiro atoms. The van der Waals surface area contributed by atoms with Crippen molar-refractivity contribution < 1.29 is 36.6 Å². The van der Waals surface area contributed by atoms with E-state index in [2.05, 4.69) is 15.6 Å². The Hall–Kier alpha value is -4.80. The summed E-state index contributed by atoms with van der Waals surface area (Å²) in [6.07, 6.45) is -3.46. The quantitative estimate of drug-likeness (QED) is 0.229. The van der Waals surface area contributed by atoms with Gasteiger partial charge < -0.3 is 20.6 Å². The van der Waals surface area contributed by atoms with Gasteiger partial charge in [0, 0.05) is 59.5 Å². The number of halogens is 6. The fraction of sp³-hybridized carbons (Fsp3) is 0.226. The van der Waals surface area contributed by atoms with E-state index >= 15 is 8.78 Å². The number of fused-ring (bicyclic) bond motifs is 1. The maximum atomic E-state index is 15.1. The molecule has 0 aliphatic carbocycles. The number of nitrogens with one attached hydrogen (secondary N) is 2. The van der Waals surface area contributed by atoms with Crippen LogP contribution < -0.4 is 15.5 Å². The molecule has 2 heterocycles. The second-order valence-corrected chi connectivity index (χ2v) is 10.7. The smallest absolute Gasteiger partial charge is 0.409 e. The van der Waals surface area contributed by atoms with Crippen molar-refractivity contribution >= 4 is 40.1 Å². The number of hydrogen-bond acceptors (Lipinski definition) is 6. The van der Waals surface area contributed by atoms with Gasteiger partial charge in [-0.15, -0.1) is 0 Å². The zero-order chi connectivity index (χ0) is 32.5. The van der Waals surface area contributed by atoms with Crippen molar-refractivity contribution in [3.05, 3.63) is 94.1 Å². The molecule has 8 nitrogen and oxygen atoms in total. The minimum absolute atomic E-state index is 0.143. The van der Waals surface area contributed by atoms with Crippen molar-refractivity contribution in [2.24, 2.45) is 0 Å². The number of pyridine rings is 1. The molecule has 3 aromatic carbocycles. The summed E-state index contributed by atoms with van der Waals surface area (Å²) < 4.78 is 70.8. The summed E-state index contributed by atoms with van der Waals surface area (Å²) in [7, 11) is 0. The van der Waals surface area contributed by atoms with Crippen LogP contribution in [0.4, 0.5) is 27.6 Å². The number of benzene rings is 3. The number of piperazine rings is 1. The predicted octanol–water partition coefficient (Wildman–Crippen LogP) is 5.47. The number of carboxylic acids is 1. The largest absolute Gasteiger partial charge is 0.480 e. The number of carbonyl (C=O) groups excluding carboxylic acids is 1. The first-order chi connectivity index (χ1) is 21.4. The first-order valence-corrected chi connectivity index (χ1v) is 13.9.